The SMILES string of the molecule is CCn1c(C(C)CCN)nc2ccc(F)cc21. The summed E-state index contributed by atoms with van der Waals surface area (Å²) in [6.45, 7) is 5.59. The molecule has 1 aromatic heterocycles. The quantitative estimate of drug-likeness (QED) is 0.885. The highest BCUT2D eigenvalue weighted by molar-refractivity contribution is 5.76. The van der Waals surface area contributed by atoms with Crippen LogP contribution in [0.2, 0.25) is 0 Å². The predicted octanol–water partition coefficient (Wildman–Crippen LogP) is 2.65. The lowest BCUT2D eigenvalue weighted by Gasteiger charge is -2.12. The summed E-state index contributed by atoms with van der Waals surface area (Å²) in [5, 5.41) is 0. The Kier molecular flexibility index (Phi) is 3.43. The van der Waals surface area contributed by atoms with E-state index in [0.717, 1.165) is 29.8 Å². The van der Waals surface area contributed by atoms with E-state index in [0.29, 0.717) is 12.5 Å². The normalized spacial score (nSPS) is 13.2. The third-order valence-electron chi connectivity index (χ3n) is 3.10. The van der Waals surface area contributed by atoms with Gasteiger partial charge in [0, 0.05) is 12.5 Å². The highest BCUT2D eigenvalue weighted by Gasteiger charge is 2.15. The zero-order valence-electron chi connectivity index (χ0n) is 10.3. The van der Waals surface area contributed by atoms with Gasteiger partial charge in [-0.3, -0.25) is 0 Å². The van der Waals surface area contributed by atoms with Crippen LogP contribution in [0.15, 0.2) is 18.2 Å². The highest BCUT2D eigenvalue weighted by Crippen LogP contribution is 2.24. The second-order valence-corrected chi connectivity index (χ2v) is 4.33. The molecule has 2 aromatic rings. The summed E-state index contributed by atoms with van der Waals surface area (Å²) < 4.78 is 15.3. The minimum absolute atomic E-state index is 0.217. The molecule has 2 rings (SSSR count). The molecule has 3 nitrogen and oxygen atoms in total. The van der Waals surface area contributed by atoms with Crippen LogP contribution < -0.4 is 5.73 Å². The van der Waals surface area contributed by atoms with Gasteiger partial charge in [0.05, 0.1) is 11.0 Å². The number of hydrogen-bond acceptors (Lipinski definition) is 2. The van der Waals surface area contributed by atoms with Gasteiger partial charge in [0.25, 0.3) is 0 Å². The van der Waals surface area contributed by atoms with E-state index in [-0.39, 0.29) is 5.82 Å². The number of benzene rings is 1. The van der Waals surface area contributed by atoms with Crippen molar-refractivity contribution in [3.63, 3.8) is 0 Å². The number of imidazole rings is 1. The fourth-order valence-corrected chi connectivity index (χ4v) is 2.20. The van der Waals surface area contributed by atoms with Gasteiger partial charge in [-0.25, -0.2) is 9.37 Å². The summed E-state index contributed by atoms with van der Waals surface area (Å²) in [7, 11) is 0. The average Bonchev–Trinajstić information content (AvgIpc) is 2.67. The van der Waals surface area contributed by atoms with Gasteiger partial charge < -0.3 is 10.3 Å². The van der Waals surface area contributed by atoms with Crippen molar-refractivity contribution in [1.29, 1.82) is 0 Å². The molecule has 0 aliphatic heterocycles. The summed E-state index contributed by atoms with van der Waals surface area (Å²) in [6, 6.07) is 4.73. The van der Waals surface area contributed by atoms with Crippen LogP contribution in [-0.2, 0) is 6.54 Å². The van der Waals surface area contributed by atoms with Crippen molar-refractivity contribution in [2.24, 2.45) is 5.73 Å². The summed E-state index contributed by atoms with van der Waals surface area (Å²) in [4.78, 5) is 4.58. The standard InChI is InChI=1S/C13H18FN3/c1-3-17-12-8-10(14)4-5-11(12)16-13(17)9(2)6-7-15/h4-5,8-9H,3,6-7,15H2,1-2H3. The van der Waals surface area contributed by atoms with Crippen molar-refractivity contribution in [3.8, 4) is 0 Å². The molecule has 17 heavy (non-hydrogen) atoms. The fourth-order valence-electron chi connectivity index (χ4n) is 2.20. The average molecular weight is 235 g/mol. The van der Waals surface area contributed by atoms with Gasteiger partial charge in [-0.2, -0.15) is 0 Å². The van der Waals surface area contributed by atoms with Crippen LogP contribution in [0.5, 0.6) is 0 Å². The van der Waals surface area contributed by atoms with Crippen LogP contribution in [0.3, 0.4) is 0 Å². The fraction of sp³-hybridized carbons (Fsp3) is 0.462. The number of aryl methyl sites for hydroxylation is 1. The largest absolute Gasteiger partial charge is 0.330 e. The molecule has 0 fully saturated rings. The Morgan fingerprint density at radius 2 is 2.24 bits per heavy atom. The molecule has 0 aliphatic carbocycles. The molecule has 0 aliphatic rings. The number of nitrogens with two attached hydrogens (primary N) is 1. The molecular formula is C13H18FN3. The Labute approximate surface area is 100 Å². The maximum atomic E-state index is 13.3. The first kappa shape index (κ1) is 12.0. The third-order valence-corrected chi connectivity index (χ3v) is 3.10. The van der Waals surface area contributed by atoms with Crippen LogP contribution >= 0.6 is 0 Å². The first-order valence-corrected chi connectivity index (χ1v) is 6.03. The van der Waals surface area contributed by atoms with Crippen LogP contribution in [0, 0.1) is 5.82 Å². The number of aromatic nitrogens is 2. The Hall–Kier alpha value is -1.42. The molecule has 4 heteroatoms. The zero-order chi connectivity index (χ0) is 12.4. The molecule has 0 saturated heterocycles. The minimum atomic E-state index is -0.217. The summed E-state index contributed by atoms with van der Waals surface area (Å²) >= 11 is 0. The van der Waals surface area contributed by atoms with Crippen LogP contribution in [-0.4, -0.2) is 16.1 Å². The Bertz CT molecular complexity index is 519. The molecule has 0 saturated carbocycles. The van der Waals surface area contributed by atoms with Gasteiger partial charge in [-0.05, 0) is 38.1 Å². The minimum Gasteiger partial charge on any atom is -0.330 e. The number of hydrogen-bond donors (Lipinski definition) is 1. The number of fused-ring (bicyclic) bond motifs is 1. The van der Waals surface area contributed by atoms with E-state index in [9.17, 15) is 4.39 Å². The lowest BCUT2D eigenvalue weighted by atomic mass is 10.1. The van der Waals surface area contributed by atoms with Gasteiger partial charge in [-0.15, -0.1) is 0 Å². The summed E-state index contributed by atoms with van der Waals surface area (Å²) in [5.74, 6) is 1.08. The smallest absolute Gasteiger partial charge is 0.125 e. The topological polar surface area (TPSA) is 43.8 Å². The summed E-state index contributed by atoms with van der Waals surface area (Å²) in [6.07, 6.45) is 0.895. The Morgan fingerprint density at radius 1 is 1.47 bits per heavy atom. The van der Waals surface area contributed by atoms with Gasteiger partial charge in [0.15, 0.2) is 0 Å². The number of nitrogens with zero attached hydrogens (tertiary/aromatic N) is 2. The van der Waals surface area contributed by atoms with Gasteiger partial charge in [0.2, 0.25) is 0 Å². The second-order valence-electron chi connectivity index (χ2n) is 4.33. The van der Waals surface area contributed by atoms with Crippen LogP contribution in [0.4, 0.5) is 4.39 Å². The van der Waals surface area contributed by atoms with Crippen molar-refractivity contribution in [2.45, 2.75) is 32.7 Å². The van der Waals surface area contributed by atoms with E-state index >= 15 is 0 Å². The van der Waals surface area contributed by atoms with Crippen molar-refractivity contribution < 1.29 is 4.39 Å². The summed E-state index contributed by atoms with van der Waals surface area (Å²) in [5.41, 5.74) is 7.30. The maximum Gasteiger partial charge on any atom is 0.125 e. The zero-order valence-corrected chi connectivity index (χ0v) is 10.3. The van der Waals surface area contributed by atoms with Crippen molar-refractivity contribution >= 4 is 11.0 Å². The van der Waals surface area contributed by atoms with Crippen molar-refractivity contribution in [2.75, 3.05) is 6.54 Å². The van der Waals surface area contributed by atoms with Crippen molar-refractivity contribution in [1.82, 2.24) is 9.55 Å². The van der Waals surface area contributed by atoms with E-state index in [1.165, 1.54) is 6.07 Å². The van der Waals surface area contributed by atoms with Gasteiger partial charge in [0.1, 0.15) is 11.6 Å². The monoisotopic (exact) mass is 235 g/mol. The Balaban J connectivity index is 2.55. The molecular weight excluding hydrogens is 217 g/mol. The third kappa shape index (κ3) is 2.17. The lowest BCUT2D eigenvalue weighted by Crippen LogP contribution is -2.10. The first-order valence-electron chi connectivity index (χ1n) is 6.03. The van der Waals surface area contributed by atoms with Gasteiger partial charge in [-0.1, -0.05) is 6.92 Å². The molecule has 1 unspecified atom stereocenters. The molecule has 0 amide bonds. The molecule has 0 spiro atoms. The van der Waals surface area contributed by atoms with Crippen LogP contribution in [0.1, 0.15) is 32.0 Å². The predicted molar refractivity (Wildman–Crippen MR) is 67.5 cm³/mol. The van der Waals surface area contributed by atoms with Gasteiger partial charge >= 0.3 is 0 Å². The highest BCUT2D eigenvalue weighted by atomic mass is 19.1. The second kappa shape index (κ2) is 4.84. The Morgan fingerprint density at radius 3 is 2.88 bits per heavy atom. The van der Waals surface area contributed by atoms with E-state index in [2.05, 4.69) is 16.5 Å². The molecule has 2 N–H and O–H groups in total. The maximum absolute atomic E-state index is 13.3. The molecule has 0 radical (unpaired) electrons. The lowest BCUT2D eigenvalue weighted by molar-refractivity contribution is 0.597. The van der Waals surface area contributed by atoms with E-state index in [1.807, 2.05) is 6.92 Å². The van der Waals surface area contributed by atoms with E-state index in [4.69, 9.17) is 5.73 Å². The molecule has 0 bridgehead atoms. The molecule has 1 atom stereocenters. The van der Waals surface area contributed by atoms with Crippen LogP contribution in [0.25, 0.3) is 11.0 Å². The molecule has 1 aromatic carbocycles. The number of rotatable bonds is 4. The molecule has 1 heterocycles. The van der Waals surface area contributed by atoms with E-state index < -0.39 is 0 Å². The number of halogens is 1. The molecule has 92 valence electrons. The first-order chi connectivity index (χ1) is 8.17. The van der Waals surface area contributed by atoms with E-state index in [1.54, 1.807) is 12.1 Å². The van der Waals surface area contributed by atoms with Crippen molar-refractivity contribution in [3.05, 3.63) is 29.8 Å².